The Balaban J connectivity index is 1.42. The summed E-state index contributed by atoms with van der Waals surface area (Å²) in [5, 5.41) is 5.14. The van der Waals surface area contributed by atoms with E-state index in [2.05, 4.69) is 25.5 Å². The van der Waals surface area contributed by atoms with Crippen molar-refractivity contribution in [2.75, 3.05) is 26.2 Å². The van der Waals surface area contributed by atoms with Crippen LogP contribution >= 0.6 is 11.3 Å². The van der Waals surface area contributed by atoms with Crippen LogP contribution in [0.2, 0.25) is 0 Å². The first-order valence-corrected chi connectivity index (χ1v) is 9.32. The van der Waals surface area contributed by atoms with E-state index in [4.69, 9.17) is 0 Å². The van der Waals surface area contributed by atoms with Gasteiger partial charge in [-0.05, 0) is 12.5 Å². The maximum Gasteiger partial charge on any atom is 0.237 e. The molecule has 128 valence electrons. The van der Waals surface area contributed by atoms with Crippen LogP contribution in [0.3, 0.4) is 0 Å². The van der Waals surface area contributed by atoms with Crippen LogP contribution in [0.15, 0.2) is 41.2 Å². The standard InChI is InChI=1S/C18H24N4OS/c1-15(18(23)19-11-16-5-3-2-4-6-16)22-9-7-21(8-10-22)12-17-13-24-14-20-17/h2-6,13-15H,7-12H2,1H3,(H,19,23)/t15-/m1/s1. The Bertz CT molecular complexity index is 624. The lowest BCUT2D eigenvalue weighted by Gasteiger charge is -2.37. The molecule has 1 amide bonds. The summed E-state index contributed by atoms with van der Waals surface area (Å²) in [4.78, 5) is 21.4. The average Bonchev–Trinajstić information content (AvgIpc) is 3.13. The zero-order chi connectivity index (χ0) is 16.8. The van der Waals surface area contributed by atoms with Crippen LogP contribution in [0.25, 0.3) is 0 Å². The summed E-state index contributed by atoms with van der Waals surface area (Å²) >= 11 is 1.64. The van der Waals surface area contributed by atoms with Crippen LogP contribution in [0.1, 0.15) is 18.2 Å². The number of hydrogen-bond acceptors (Lipinski definition) is 5. The Kier molecular flexibility index (Phi) is 5.96. The summed E-state index contributed by atoms with van der Waals surface area (Å²) in [6.45, 7) is 7.30. The molecule has 0 unspecified atom stereocenters. The monoisotopic (exact) mass is 344 g/mol. The lowest BCUT2D eigenvalue weighted by Crippen LogP contribution is -2.53. The number of carbonyl (C=O) groups excluding carboxylic acids is 1. The van der Waals surface area contributed by atoms with Crippen molar-refractivity contribution in [1.29, 1.82) is 0 Å². The minimum Gasteiger partial charge on any atom is -0.351 e. The Morgan fingerprint density at radius 1 is 1.25 bits per heavy atom. The zero-order valence-corrected chi connectivity index (χ0v) is 14.8. The molecule has 0 radical (unpaired) electrons. The second kappa shape index (κ2) is 8.37. The van der Waals surface area contributed by atoms with Crippen molar-refractivity contribution in [3.8, 4) is 0 Å². The molecule has 3 rings (SSSR count). The fourth-order valence-electron chi connectivity index (χ4n) is 2.95. The van der Waals surface area contributed by atoms with Crippen LogP contribution in [0.4, 0.5) is 0 Å². The van der Waals surface area contributed by atoms with E-state index in [1.165, 1.54) is 0 Å². The number of carbonyl (C=O) groups is 1. The number of rotatable bonds is 6. The SMILES string of the molecule is C[C@H](C(=O)NCc1ccccc1)N1CCN(Cc2cscn2)CC1. The smallest absolute Gasteiger partial charge is 0.237 e. The van der Waals surface area contributed by atoms with Gasteiger partial charge in [0, 0.05) is 44.6 Å². The molecular formula is C18H24N4OS. The molecular weight excluding hydrogens is 320 g/mol. The van der Waals surface area contributed by atoms with Gasteiger partial charge in [0.2, 0.25) is 5.91 Å². The topological polar surface area (TPSA) is 48.5 Å². The van der Waals surface area contributed by atoms with Crippen LogP contribution in [-0.2, 0) is 17.9 Å². The Labute approximate surface area is 147 Å². The number of amides is 1. The first-order chi connectivity index (χ1) is 11.7. The first-order valence-electron chi connectivity index (χ1n) is 8.37. The van der Waals surface area contributed by atoms with Crippen molar-refractivity contribution in [3.05, 3.63) is 52.5 Å². The maximum absolute atomic E-state index is 12.4. The van der Waals surface area contributed by atoms with Gasteiger partial charge in [-0.1, -0.05) is 30.3 Å². The highest BCUT2D eigenvalue weighted by atomic mass is 32.1. The van der Waals surface area contributed by atoms with Gasteiger partial charge in [0.15, 0.2) is 0 Å². The fourth-order valence-corrected chi connectivity index (χ4v) is 3.50. The highest BCUT2D eigenvalue weighted by molar-refractivity contribution is 7.07. The molecule has 2 aromatic rings. The van der Waals surface area contributed by atoms with Gasteiger partial charge in [-0.2, -0.15) is 0 Å². The van der Waals surface area contributed by atoms with Gasteiger partial charge in [-0.15, -0.1) is 11.3 Å². The van der Waals surface area contributed by atoms with E-state index in [1.54, 1.807) is 11.3 Å². The lowest BCUT2D eigenvalue weighted by atomic mass is 10.2. The highest BCUT2D eigenvalue weighted by Crippen LogP contribution is 2.11. The summed E-state index contributed by atoms with van der Waals surface area (Å²) in [7, 11) is 0. The predicted octanol–water partition coefficient (Wildman–Crippen LogP) is 1.97. The molecule has 0 saturated carbocycles. The molecule has 1 aliphatic rings. The van der Waals surface area contributed by atoms with Crippen molar-refractivity contribution in [3.63, 3.8) is 0 Å². The molecule has 0 spiro atoms. The van der Waals surface area contributed by atoms with Gasteiger partial charge in [0.05, 0.1) is 17.2 Å². The number of benzene rings is 1. The van der Waals surface area contributed by atoms with Gasteiger partial charge in [-0.3, -0.25) is 14.6 Å². The van der Waals surface area contributed by atoms with Gasteiger partial charge in [0.25, 0.3) is 0 Å². The predicted molar refractivity (Wildman–Crippen MR) is 96.7 cm³/mol. The van der Waals surface area contributed by atoms with Crippen molar-refractivity contribution < 1.29 is 4.79 Å². The summed E-state index contributed by atoms with van der Waals surface area (Å²) in [5.41, 5.74) is 4.15. The van der Waals surface area contributed by atoms with E-state index in [1.807, 2.05) is 42.8 Å². The Morgan fingerprint density at radius 2 is 2.00 bits per heavy atom. The molecule has 5 nitrogen and oxygen atoms in total. The van der Waals surface area contributed by atoms with Gasteiger partial charge in [-0.25, -0.2) is 4.98 Å². The van der Waals surface area contributed by atoms with Crippen LogP contribution < -0.4 is 5.32 Å². The van der Waals surface area contributed by atoms with E-state index >= 15 is 0 Å². The summed E-state index contributed by atoms with van der Waals surface area (Å²) < 4.78 is 0. The molecule has 1 saturated heterocycles. The number of nitrogens with one attached hydrogen (secondary N) is 1. The van der Waals surface area contributed by atoms with E-state index in [9.17, 15) is 4.79 Å². The van der Waals surface area contributed by atoms with Gasteiger partial charge >= 0.3 is 0 Å². The summed E-state index contributed by atoms with van der Waals surface area (Å²) in [5.74, 6) is 0.104. The molecule has 2 heterocycles. The molecule has 24 heavy (non-hydrogen) atoms. The number of nitrogens with zero attached hydrogens (tertiary/aromatic N) is 3. The minimum absolute atomic E-state index is 0.0878. The van der Waals surface area contributed by atoms with Crippen LogP contribution in [0.5, 0.6) is 0 Å². The summed E-state index contributed by atoms with van der Waals surface area (Å²) in [6, 6.07) is 9.94. The van der Waals surface area contributed by atoms with Crippen molar-refractivity contribution in [2.45, 2.75) is 26.1 Å². The third-order valence-corrected chi connectivity index (χ3v) is 5.15. The normalized spacial score (nSPS) is 17.5. The Morgan fingerprint density at radius 3 is 2.67 bits per heavy atom. The minimum atomic E-state index is -0.0878. The maximum atomic E-state index is 12.4. The van der Waals surface area contributed by atoms with E-state index in [0.717, 1.165) is 44.0 Å². The van der Waals surface area contributed by atoms with Crippen molar-refractivity contribution in [2.24, 2.45) is 0 Å². The Hall–Kier alpha value is -1.76. The number of piperazine rings is 1. The molecule has 1 atom stereocenters. The zero-order valence-electron chi connectivity index (χ0n) is 14.0. The quantitative estimate of drug-likeness (QED) is 0.870. The molecule has 6 heteroatoms. The van der Waals surface area contributed by atoms with Crippen molar-refractivity contribution >= 4 is 17.2 Å². The molecule has 1 aromatic carbocycles. The molecule has 1 N–H and O–H groups in total. The molecule has 1 fully saturated rings. The highest BCUT2D eigenvalue weighted by Gasteiger charge is 2.25. The first kappa shape index (κ1) is 17.1. The van der Waals surface area contributed by atoms with Crippen LogP contribution in [0, 0.1) is 0 Å². The molecule has 0 aliphatic carbocycles. The number of thiazole rings is 1. The van der Waals surface area contributed by atoms with Crippen LogP contribution in [-0.4, -0.2) is 52.9 Å². The third-order valence-electron chi connectivity index (χ3n) is 4.51. The number of aromatic nitrogens is 1. The third kappa shape index (κ3) is 4.63. The fraction of sp³-hybridized carbons (Fsp3) is 0.444. The molecule has 1 aromatic heterocycles. The largest absolute Gasteiger partial charge is 0.351 e. The average molecular weight is 344 g/mol. The van der Waals surface area contributed by atoms with Gasteiger partial charge in [0.1, 0.15) is 0 Å². The van der Waals surface area contributed by atoms with E-state index < -0.39 is 0 Å². The number of hydrogen-bond donors (Lipinski definition) is 1. The summed E-state index contributed by atoms with van der Waals surface area (Å²) in [6.07, 6.45) is 0. The lowest BCUT2D eigenvalue weighted by molar-refractivity contribution is -0.126. The second-order valence-corrected chi connectivity index (χ2v) is 6.89. The second-order valence-electron chi connectivity index (χ2n) is 6.17. The van der Waals surface area contributed by atoms with Gasteiger partial charge < -0.3 is 5.32 Å². The molecule has 0 bridgehead atoms. The van der Waals surface area contributed by atoms with E-state index in [-0.39, 0.29) is 11.9 Å². The molecule has 1 aliphatic heterocycles. The van der Waals surface area contributed by atoms with Crippen molar-refractivity contribution in [1.82, 2.24) is 20.1 Å². The van der Waals surface area contributed by atoms with E-state index in [0.29, 0.717) is 6.54 Å².